The van der Waals surface area contributed by atoms with Crippen molar-refractivity contribution >= 4 is 17.0 Å². The minimum atomic E-state index is -4.70. The van der Waals surface area contributed by atoms with Crippen LogP contribution in [0.25, 0.3) is 0 Å². The van der Waals surface area contributed by atoms with Gasteiger partial charge in [-0.25, -0.2) is 0 Å². The molecule has 0 amide bonds. The molecule has 2 nitrogen and oxygen atoms in total. The van der Waals surface area contributed by atoms with Crippen molar-refractivity contribution in [2.75, 3.05) is 5.32 Å². The Hall–Kier alpha value is -1.69. The van der Waals surface area contributed by atoms with Crippen LogP contribution in [0.2, 0.25) is 0 Å². The zero-order valence-electron chi connectivity index (χ0n) is 11.9. The molecular weight excluding hydrogens is 299 g/mol. The maximum Gasteiger partial charge on any atom is 0.573 e. The fourth-order valence-corrected chi connectivity index (χ4v) is 3.21. The van der Waals surface area contributed by atoms with Gasteiger partial charge in [-0.1, -0.05) is 12.1 Å². The molecule has 0 aliphatic heterocycles. The summed E-state index contributed by atoms with van der Waals surface area (Å²) in [5, 5.41) is 3.09. The van der Waals surface area contributed by atoms with Gasteiger partial charge in [0.2, 0.25) is 0 Å². The van der Waals surface area contributed by atoms with Crippen molar-refractivity contribution in [2.24, 2.45) is 0 Å². The average Bonchev–Trinajstić information content (AvgIpc) is 2.69. The van der Waals surface area contributed by atoms with Gasteiger partial charge in [-0.05, 0) is 44.5 Å². The monoisotopic (exact) mass is 315 g/mol. The lowest BCUT2D eigenvalue weighted by atomic mass is 10.1. The first-order valence-electron chi connectivity index (χ1n) is 6.44. The summed E-state index contributed by atoms with van der Waals surface area (Å²) in [6, 6.07) is 8.00. The Bertz CT molecular complexity index is 622. The Morgan fingerprint density at radius 3 is 2.43 bits per heavy atom. The molecule has 0 saturated carbocycles. The Morgan fingerprint density at radius 2 is 1.86 bits per heavy atom. The zero-order chi connectivity index (χ0) is 15.6. The smallest absolute Gasteiger partial charge is 0.404 e. The highest BCUT2D eigenvalue weighted by Gasteiger charge is 2.32. The standard InChI is InChI=1S/C15H16F3NOS/c1-9-8-12(11(3)21-9)10(2)19-13-6-4-5-7-14(13)20-15(16,17)18/h4-8,10,19H,1-3H3. The van der Waals surface area contributed by atoms with Gasteiger partial charge in [0.1, 0.15) is 0 Å². The van der Waals surface area contributed by atoms with E-state index < -0.39 is 6.36 Å². The van der Waals surface area contributed by atoms with Gasteiger partial charge in [-0.2, -0.15) is 0 Å². The number of benzene rings is 1. The second kappa shape index (κ2) is 5.97. The topological polar surface area (TPSA) is 21.3 Å². The van der Waals surface area contributed by atoms with Crippen LogP contribution < -0.4 is 10.1 Å². The van der Waals surface area contributed by atoms with Crippen LogP contribution in [0.3, 0.4) is 0 Å². The Balaban J connectivity index is 2.21. The van der Waals surface area contributed by atoms with Crippen LogP contribution in [-0.4, -0.2) is 6.36 Å². The summed E-state index contributed by atoms with van der Waals surface area (Å²) in [6.07, 6.45) is -4.70. The lowest BCUT2D eigenvalue weighted by Crippen LogP contribution is -2.18. The van der Waals surface area contributed by atoms with E-state index in [1.54, 1.807) is 23.5 Å². The van der Waals surface area contributed by atoms with Gasteiger partial charge in [-0.3, -0.25) is 0 Å². The third-order valence-electron chi connectivity index (χ3n) is 3.03. The highest BCUT2D eigenvalue weighted by molar-refractivity contribution is 7.12. The van der Waals surface area contributed by atoms with Gasteiger partial charge < -0.3 is 10.1 Å². The van der Waals surface area contributed by atoms with E-state index in [0.717, 1.165) is 10.4 Å². The number of halogens is 3. The number of para-hydroxylation sites is 2. The largest absolute Gasteiger partial charge is 0.573 e. The predicted molar refractivity (Wildman–Crippen MR) is 79.0 cm³/mol. The average molecular weight is 315 g/mol. The van der Waals surface area contributed by atoms with Crippen LogP contribution in [0.4, 0.5) is 18.9 Å². The fourth-order valence-electron chi connectivity index (χ4n) is 2.19. The number of alkyl halides is 3. The van der Waals surface area contributed by atoms with E-state index in [0.29, 0.717) is 5.69 Å². The van der Waals surface area contributed by atoms with Gasteiger partial charge >= 0.3 is 6.36 Å². The SMILES string of the molecule is Cc1cc(C(C)Nc2ccccc2OC(F)(F)F)c(C)s1. The number of ether oxygens (including phenoxy) is 1. The third kappa shape index (κ3) is 4.14. The van der Waals surface area contributed by atoms with Crippen molar-refractivity contribution in [1.29, 1.82) is 0 Å². The van der Waals surface area contributed by atoms with Gasteiger partial charge in [0.15, 0.2) is 5.75 Å². The lowest BCUT2D eigenvalue weighted by Gasteiger charge is -2.19. The van der Waals surface area contributed by atoms with Crippen LogP contribution in [0.15, 0.2) is 30.3 Å². The first kappa shape index (κ1) is 15.7. The van der Waals surface area contributed by atoms with Crippen molar-refractivity contribution < 1.29 is 17.9 Å². The van der Waals surface area contributed by atoms with Gasteiger partial charge in [-0.15, -0.1) is 24.5 Å². The number of aryl methyl sites for hydroxylation is 2. The van der Waals surface area contributed by atoms with Gasteiger partial charge in [0, 0.05) is 15.8 Å². The molecule has 1 aromatic heterocycles. The summed E-state index contributed by atoms with van der Waals surface area (Å²) >= 11 is 1.67. The molecule has 0 saturated heterocycles. The van der Waals surface area contributed by atoms with E-state index >= 15 is 0 Å². The van der Waals surface area contributed by atoms with Crippen LogP contribution in [0, 0.1) is 13.8 Å². The molecule has 1 aromatic carbocycles. The first-order valence-corrected chi connectivity index (χ1v) is 7.26. The molecule has 2 rings (SSSR count). The fraction of sp³-hybridized carbons (Fsp3) is 0.333. The van der Waals surface area contributed by atoms with Crippen molar-refractivity contribution in [3.05, 3.63) is 45.6 Å². The minimum Gasteiger partial charge on any atom is -0.404 e. The van der Waals surface area contributed by atoms with Gasteiger partial charge in [0.05, 0.1) is 5.69 Å². The number of nitrogens with one attached hydrogen (secondary N) is 1. The maximum atomic E-state index is 12.4. The molecule has 6 heteroatoms. The molecular formula is C15H16F3NOS. The summed E-state index contributed by atoms with van der Waals surface area (Å²) < 4.78 is 41.2. The second-order valence-electron chi connectivity index (χ2n) is 4.78. The maximum absolute atomic E-state index is 12.4. The van der Waals surface area contributed by atoms with E-state index in [9.17, 15) is 13.2 Å². The van der Waals surface area contributed by atoms with E-state index in [4.69, 9.17) is 0 Å². The molecule has 1 atom stereocenters. The summed E-state index contributed by atoms with van der Waals surface area (Å²) in [6.45, 7) is 5.93. The lowest BCUT2D eigenvalue weighted by molar-refractivity contribution is -0.274. The molecule has 0 aliphatic rings. The summed E-state index contributed by atoms with van der Waals surface area (Å²) in [4.78, 5) is 2.33. The molecule has 1 unspecified atom stereocenters. The van der Waals surface area contributed by atoms with E-state index in [1.807, 2.05) is 26.8 Å². The number of hydrogen-bond donors (Lipinski definition) is 1. The first-order chi connectivity index (χ1) is 9.76. The van der Waals surface area contributed by atoms with Crippen LogP contribution in [0.5, 0.6) is 5.75 Å². The minimum absolute atomic E-state index is 0.104. The molecule has 0 fully saturated rings. The van der Waals surface area contributed by atoms with E-state index in [1.165, 1.54) is 17.0 Å². The van der Waals surface area contributed by atoms with Crippen LogP contribution in [-0.2, 0) is 0 Å². The van der Waals surface area contributed by atoms with E-state index in [2.05, 4.69) is 10.1 Å². The Labute approximate surface area is 125 Å². The number of thiophene rings is 1. The molecule has 21 heavy (non-hydrogen) atoms. The van der Waals surface area contributed by atoms with Crippen molar-refractivity contribution in [2.45, 2.75) is 33.2 Å². The summed E-state index contributed by atoms with van der Waals surface area (Å²) in [5.41, 5.74) is 1.41. The number of rotatable bonds is 4. The predicted octanol–water partition coefficient (Wildman–Crippen LogP) is 5.44. The number of anilines is 1. The van der Waals surface area contributed by atoms with Crippen LogP contribution >= 0.6 is 11.3 Å². The van der Waals surface area contributed by atoms with Crippen molar-refractivity contribution in [3.8, 4) is 5.75 Å². The molecule has 0 radical (unpaired) electrons. The Kier molecular flexibility index (Phi) is 4.46. The van der Waals surface area contributed by atoms with Crippen molar-refractivity contribution in [1.82, 2.24) is 0 Å². The zero-order valence-corrected chi connectivity index (χ0v) is 12.7. The second-order valence-corrected chi connectivity index (χ2v) is 6.24. The highest BCUT2D eigenvalue weighted by Crippen LogP contribution is 2.34. The van der Waals surface area contributed by atoms with Crippen molar-refractivity contribution in [3.63, 3.8) is 0 Å². The molecule has 2 aromatic rings. The normalized spacial score (nSPS) is 13.0. The molecule has 1 N–H and O–H groups in total. The molecule has 1 heterocycles. The van der Waals surface area contributed by atoms with E-state index in [-0.39, 0.29) is 11.8 Å². The summed E-state index contributed by atoms with van der Waals surface area (Å²) in [5.74, 6) is -0.221. The number of hydrogen-bond acceptors (Lipinski definition) is 3. The summed E-state index contributed by atoms with van der Waals surface area (Å²) in [7, 11) is 0. The third-order valence-corrected chi connectivity index (χ3v) is 4.01. The van der Waals surface area contributed by atoms with Crippen LogP contribution in [0.1, 0.15) is 28.3 Å². The van der Waals surface area contributed by atoms with Gasteiger partial charge in [0.25, 0.3) is 0 Å². The quantitative estimate of drug-likeness (QED) is 0.811. The Morgan fingerprint density at radius 1 is 1.19 bits per heavy atom. The molecule has 0 spiro atoms. The highest BCUT2D eigenvalue weighted by atomic mass is 32.1. The molecule has 0 bridgehead atoms. The molecule has 0 aliphatic carbocycles. The molecule has 114 valence electrons.